The molecular formula is C8H6N2O3. The topological polar surface area (TPSA) is 84.1 Å². The molecule has 1 aromatic carbocycles. The van der Waals surface area contributed by atoms with E-state index in [1.165, 1.54) is 18.2 Å². The predicted molar refractivity (Wildman–Crippen MR) is 46.4 cm³/mol. The van der Waals surface area contributed by atoms with E-state index in [2.05, 4.69) is 0 Å². The molecule has 0 unspecified atom stereocenters. The van der Waals surface area contributed by atoms with Gasteiger partial charge in [0.25, 0.3) is 5.69 Å². The fourth-order valence-electron chi connectivity index (χ4n) is 0.908. The second kappa shape index (κ2) is 3.57. The summed E-state index contributed by atoms with van der Waals surface area (Å²) in [5, 5.41) is 17.2. The van der Waals surface area contributed by atoms with Gasteiger partial charge >= 0.3 is 0 Å². The number of carbonyl (C=O) groups excluding carboxylic acids is 1. The van der Waals surface area contributed by atoms with Crippen LogP contribution in [-0.4, -0.2) is 17.4 Å². The molecule has 0 spiro atoms. The number of benzene rings is 1. The van der Waals surface area contributed by atoms with Gasteiger partial charge in [0, 0.05) is 29.5 Å². The third-order valence-corrected chi connectivity index (χ3v) is 1.56. The molecule has 66 valence electrons. The molecule has 0 atom stereocenters. The Balaban J connectivity index is 3.28. The molecule has 1 rings (SSSR count). The zero-order valence-electron chi connectivity index (χ0n) is 6.56. The maximum atomic E-state index is 10.4. The summed E-state index contributed by atoms with van der Waals surface area (Å²) < 4.78 is 0. The summed E-state index contributed by atoms with van der Waals surface area (Å²) in [6, 6.07) is 3.75. The summed E-state index contributed by atoms with van der Waals surface area (Å²) in [6.07, 6.45) is 1.47. The molecule has 0 saturated carbocycles. The second-order valence-corrected chi connectivity index (χ2v) is 2.33. The lowest BCUT2D eigenvalue weighted by Gasteiger charge is -1.96. The van der Waals surface area contributed by atoms with Crippen molar-refractivity contribution in [2.45, 2.75) is 0 Å². The van der Waals surface area contributed by atoms with Crippen molar-refractivity contribution >= 4 is 18.2 Å². The molecule has 13 heavy (non-hydrogen) atoms. The van der Waals surface area contributed by atoms with Gasteiger partial charge in [-0.15, -0.1) is 0 Å². The second-order valence-electron chi connectivity index (χ2n) is 2.33. The van der Waals surface area contributed by atoms with Crippen LogP contribution in [0.25, 0.3) is 0 Å². The van der Waals surface area contributed by atoms with Gasteiger partial charge < -0.3 is 5.41 Å². The van der Waals surface area contributed by atoms with Crippen molar-refractivity contribution in [2.24, 2.45) is 0 Å². The van der Waals surface area contributed by atoms with E-state index in [0.717, 1.165) is 6.21 Å². The number of carbonyl (C=O) groups is 1. The summed E-state index contributed by atoms with van der Waals surface area (Å²) in [5.41, 5.74) is 0.411. The third-order valence-electron chi connectivity index (χ3n) is 1.56. The Morgan fingerprint density at radius 3 is 2.54 bits per heavy atom. The smallest absolute Gasteiger partial charge is 0.270 e. The maximum Gasteiger partial charge on any atom is 0.270 e. The van der Waals surface area contributed by atoms with Gasteiger partial charge in [-0.05, 0) is 6.07 Å². The van der Waals surface area contributed by atoms with Crippen LogP contribution >= 0.6 is 0 Å². The van der Waals surface area contributed by atoms with Gasteiger partial charge in [0.1, 0.15) is 0 Å². The number of non-ortho nitro benzene ring substituents is 1. The van der Waals surface area contributed by atoms with Gasteiger partial charge in [-0.3, -0.25) is 14.9 Å². The molecular weight excluding hydrogens is 172 g/mol. The minimum Gasteiger partial charge on any atom is -0.308 e. The normalized spacial score (nSPS) is 9.23. The van der Waals surface area contributed by atoms with Gasteiger partial charge in [-0.2, -0.15) is 0 Å². The molecule has 0 fully saturated rings. The van der Waals surface area contributed by atoms with Crippen molar-refractivity contribution in [3.8, 4) is 0 Å². The summed E-state index contributed by atoms with van der Waals surface area (Å²) >= 11 is 0. The van der Waals surface area contributed by atoms with Gasteiger partial charge in [0.05, 0.1) is 4.92 Å². The van der Waals surface area contributed by atoms with E-state index in [1.807, 2.05) is 0 Å². The van der Waals surface area contributed by atoms with Gasteiger partial charge in [0.2, 0.25) is 0 Å². The summed E-state index contributed by atoms with van der Waals surface area (Å²) in [4.78, 5) is 20.1. The molecule has 0 amide bonds. The first-order chi connectivity index (χ1) is 6.19. The van der Waals surface area contributed by atoms with E-state index in [-0.39, 0.29) is 16.8 Å². The van der Waals surface area contributed by atoms with Crippen LogP contribution < -0.4 is 0 Å². The first-order valence-corrected chi connectivity index (χ1v) is 3.43. The average Bonchev–Trinajstić information content (AvgIpc) is 2.16. The third kappa shape index (κ3) is 1.76. The number of rotatable bonds is 3. The zero-order valence-corrected chi connectivity index (χ0v) is 6.56. The largest absolute Gasteiger partial charge is 0.308 e. The van der Waals surface area contributed by atoms with E-state index in [0.29, 0.717) is 6.29 Å². The minimum absolute atomic E-state index is 0.121. The summed E-state index contributed by atoms with van der Waals surface area (Å²) in [6.45, 7) is 0. The van der Waals surface area contributed by atoms with Crippen LogP contribution in [0.4, 0.5) is 5.69 Å². The molecule has 0 aliphatic rings. The molecule has 0 aromatic heterocycles. The maximum absolute atomic E-state index is 10.4. The Labute approximate surface area is 73.7 Å². The van der Waals surface area contributed by atoms with Crippen LogP contribution in [0, 0.1) is 15.5 Å². The molecule has 1 aromatic rings. The van der Waals surface area contributed by atoms with Crippen LogP contribution in [0.5, 0.6) is 0 Å². The fraction of sp³-hybridized carbons (Fsp3) is 0. The average molecular weight is 178 g/mol. The monoisotopic (exact) mass is 178 g/mol. The fourth-order valence-corrected chi connectivity index (χ4v) is 0.908. The van der Waals surface area contributed by atoms with Crippen molar-refractivity contribution in [3.05, 3.63) is 39.4 Å². The molecule has 1 N–H and O–H groups in total. The van der Waals surface area contributed by atoms with Crippen LogP contribution in [0.15, 0.2) is 18.2 Å². The van der Waals surface area contributed by atoms with Crippen molar-refractivity contribution < 1.29 is 9.72 Å². The molecule has 0 heterocycles. The Kier molecular flexibility index (Phi) is 2.49. The lowest BCUT2D eigenvalue weighted by molar-refractivity contribution is -0.384. The Bertz CT molecular complexity index is 374. The van der Waals surface area contributed by atoms with Crippen molar-refractivity contribution in [3.63, 3.8) is 0 Å². The van der Waals surface area contributed by atoms with E-state index >= 15 is 0 Å². The standard InChI is InChI=1S/C8H6N2O3/c9-4-7-3-8(10(12)13)2-1-6(7)5-11/h1-5,9H. The lowest BCUT2D eigenvalue weighted by Crippen LogP contribution is -1.94. The number of nitro groups is 1. The summed E-state index contributed by atoms with van der Waals surface area (Å²) in [5.74, 6) is 0. The molecule has 0 radical (unpaired) electrons. The van der Waals surface area contributed by atoms with Crippen molar-refractivity contribution in [1.29, 1.82) is 5.41 Å². The molecule has 5 nitrogen and oxygen atoms in total. The number of hydrogen-bond acceptors (Lipinski definition) is 4. The minimum atomic E-state index is -0.568. The van der Waals surface area contributed by atoms with Crippen molar-refractivity contribution in [2.75, 3.05) is 0 Å². The number of nitrogens with one attached hydrogen (secondary N) is 1. The van der Waals surface area contributed by atoms with Gasteiger partial charge in [0.15, 0.2) is 6.29 Å². The number of nitrogens with zero attached hydrogens (tertiary/aromatic N) is 1. The quantitative estimate of drug-likeness (QED) is 0.328. The zero-order chi connectivity index (χ0) is 9.84. The highest BCUT2D eigenvalue weighted by molar-refractivity contribution is 5.91. The molecule has 0 saturated heterocycles. The van der Waals surface area contributed by atoms with E-state index < -0.39 is 4.92 Å². The SMILES string of the molecule is N=Cc1cc([N+](=O)[O-])ccc1C=O. The van der Waals surface area contributed by atoms with Crippen LogP contribution in [0.2, 0.25) is 0 Å². The molecule has 5 heteroatoms. The Morgan fingerprint density at radius 1 is 1.38 bits per heavy atom. The van der Waals surface area contributed by atoms with E-state index in [1.54, 1.807) is 0 Å². The number of hydrogen-bond donors (Lipinski definition) is 1. The first-order valence-electron chi connectivity index (χ1n) is 3.43. The van der Waals surface area contributed by atoms with Crippen molar-refractivity contribution in [1.82, 2.24) is 0 Å². The van der Waals surface area contributed by atoms with E-state index in [4.69, 9.17) is 5.41 Å². The van der Waals surface area contributed by atoms with E-state index in [9.17, 15) is 14.9 Å². The van der Waals surface area contributed by atoms with Crippen LogP contribution in [-0.2, 0) is 0 Å². The predicted octanol–water partition coefficient (Wildman–Crippen LogP) is 1.40. The van der Waals surface area contributed by atoms with Gasteiger partial charge in [-0.25, -0.2) is 0 Å². The Hall–Kier alpha value is -2.04. The summed E-state index contributed by atoms with van der Waals surface area (Å²) in [7, 11) is 0. The number of aldehydes is 1. The highest BCUT2D eigenvalue weighted by Crippen LogP contribution is 2.14. The van der Waals surface area contributed by atoms with Crippen LogP contribution in [0.3, 0.4) is 0 Å². The van der Waals surface area contributed by atoms with Crippen LogP contribution in [0.1, 0.15) is 15.9 Å². The molecule has 0 aliphatic heterocycles. The highest BCUT2D eigenvalue weighted by atomic mass is 16.6. The molecule has 0 bridgehead atoms. The Morgan fingerprint density at radius 2 is 2.08 bits per heavy atom. The molecule has 0 aliphatic carbocycles. The number of nitro benzene ring substituents is 1. The van der Waals surface area contributed by atoms with Gasteiger partial charge in [-0.1, -0.05) is 0 Å². The first kappa shape index (κ1) is 9.05. The highest BCUT2D eigenvalue weighted by Gasteiger charge is 2.08. The lowest BCUT2D eigenvalue weighted by atomic mass is 10.1.